The molecule has 0 N–H and O–H groups in total. The molecule has 6 heteroatoms. The van der Waals surface area contributed by atoms with Gasteiger partial charge in [-0.15, -0.1) is 0 Å². The number of aryl methyl sites for hydroxylation is 1. The predicted molar refractivity (Wildman–Crippen MR) is 94.7 cm³/mol. The first-order chi connectivity index (χ1) is 12.1. The highest BCUT2D eigenvalue weighted by Crippen LogP contribution is 2.39. The molecule has 1 aromatic rings. The molecule has 0 saturated carbocycles. The Labute approximate surface area is 149 Å². The zero-order valence-electron chi connectivity index (χ0n) is 15.6. The van der Waals surface area contributed by atoms with E-state index in [0.29, 0.717) is 24.5 Å². The molecule has 1 aromatic carbocycles. The fourth-order valence-electron chi connectivity index (χ4n) is 4.08. The van der Waals surface area contributed by atoms with E-state index in [2.05, 4.69) is 11.9 Å². The molecular formula is C19H28N2O4. The Kier molecular flexibility index (Phi) is 5.49. The van der Waals surface area contributed by atoms with Gasteiger partial charge in [0.25, 0.3) is 0 Å². The largest absolute Gasteiger partial charge is 0.493 e. The molecule has 0 unspecified atom stereocenters. The smallest absolute Gasteiger partial charge is 0.237 e. The quantitative estimate of drug-likeness (QED) is 0.819. The van der Waals surface area contributed by atoms with Crippen LogP contribution in [0.25, 0.3) is 0 Å². The molecule has 0 aromatic heterocycles. The summed E-state index contributed by atoms with van der Waals surface area (Å²) in [6.07, 6.45) is 3.37. The van der Waals surface area contributed by atoms with Crippen molar-refractivity contribution in [1.82, 2.24) is 10.0 Å². The lowest BCUT2D eigenvalue weighted by atomic mass is 9.98. The number of hydrogen-bond donors (Lipinski definition) is 0. The van der Waals surface area contributed by atoms with E-state index in [9.17, 15) is 4.79 Å². The molecule has 1 saturated heterocycles. The Morgan fingerprint density at radius 3 is 2.52 bits per heavy atom. The van der Waals surface area contributed by atoms with Crippen molar-refractivity contribution < 1.29 is 19.0 Å². The van der Waals surface area contributed by atoms with Gasteiger partial charge >= 0.3 is 0 Å². The number of benzene rings is 1. The Balaban J connectivity index is 1.98. The van der Waals surface area contributed by atoms with E-state index in [1.165, 1.54) is 0 Å². The summed E-state index contributed by atoms with van der Waals surface area (Å²) in [6, 6.07) is 4.25. The molecule has 0 spiro atoms. The second-order valence-corrected chi connectivity index (χ2v) is 6.73. The van der Waals surface area contributed by atoms with Gasteiger partial charge in [0.1, 0.15) is 0 Å². The Morgan fingerprint density at radius 1 is 1.12 bits per heavy atom. The third kappa shape index (κ3) is 3.33. The van der Waals surface area contributed by atoms with Crippen LogP contribution >= 0.6 is 0 Å². The normalized spacial score (nSPS) is 24.2. The minimum atomic E-state index is -0.0396. The molecular weight excluding hydrogens is 320 g/mol. The number of nitrogens with zero attached hydrogens (tertiary/aromatic N) is 2. The van der Waals surface area contributed by atoms with E-state index in [1.54, 1.807) is 21.3 Å². The fraction of sp³-hybridized carbons (Fsp3) is 0.632. The molecule has 6 nitrogen and oxygen atoms in total. The summed E-state index contributed by atoms with van der Waals surface area (Å²) in [4.78, 5) is 12.9. The summed E-state index contributed by atoms with van der Waals surface area (Å²) in [5.74, 6) is 1.59. The van der Waals surface area contributed by atoms with Crippen molar-refractivity contribution in [1.29, 1.82) is 0 Å². The zero-order chi connectivity index (χ0) is 18.0. The highest BCUT2D eigenvalue weighted by Gasteiger charge is 2.37. The number of amides is 1. The minimum Gasteiger partial charge on any atom is -0.493 e. The van der Waals surface area contributed by atoms with Gasteiger partial charge in [-0.25, -0.2) is 5.01 Å². The van der Waals surface area contributed by atoms with Crippen LogP contribution in [0.2, 0.25) is 0 Å². The van der Waals surface area contributed by atoms with Crippen molar-refractivity contribution >= 4 is 5.91 Å². The highest BCUT2D eigenvalue weighted by molar-refractivity contribution is 5.77. The lowest BCUT2D eigenvalue weighted by molar-refractivity contribution is -0.158. The van der Waals surface area contributed by atoms with Gasteiger partial charge in [0, 0.05) is 20.1 Å². The van der Waals surface area contributed by atoms with Crippen LogP contribution in [-0.2, 0) is 16.0 Å². The van der Waals surface area contributed by atoms with Gasteiger partial charge in [0.15, 0.2) is 11.5 Å². The summed E-state index contributed by atoms with van der Waals surface area (Å²) in [5, 5.41) is 4.16. The Bertz CT molecular complexity index is 634. The monoisotopic (exact) mass is 348 g/mol. The lowest BCUT2D eigenvalue weighted by Crippen LogP contribution is -2.50. The third-order valence-electron chi connectivity index (χ3n) is 5.31. The summed E-state index contributed by atoms with van der Waals surface area (Å²) < 4.78 is 16.3. The van der Waals surface area contributed by atoms with Crippen LogP contribution in [-0.4, -0.2) is 56.4 Å². The molecule has 2 heterocycles. The maximum Gasteiger partial charge on any atom is 0.237 e. The molecule has 3 rings (SSSR count). The van der Waals surface area contributed by atoms with Gasteiger partial charge in [0.05, 0.1) is 32.9 Å². The number of hydrogen-bond acceptors (Lipinski definition) is 5. The van der Waals surface area contributed by atoms with E-state index in [1.807, 2.05) is 17.1 Å². The first-order valence-corrected chi connectivity index (χ1v) is 8.93. The molecule has 1 fully saturated rings. The molecule has 1 amide bonds. The van der Waals surface area contributed by atoms with Crippen molar-refractivity contribution in [2.24, 2.45) is 0 Å². The standard InChI is InChI=1S/C19H28N2O4/c1-13-16-11-18(25-4)17(24-3)10-14(16)7-8-19(22)21(13)20-9-5-6-15(20)12-23-2/h10-11,13,15H,5-9,12H2,1-4H3/t13-,15+/m1/s1. The predicted octanol–water partition coefficient (Wildman–Crippen LogP) is 2.57. The van der Waals surface area contributed by atoms with Gasteiger partial charge in [-0.05, 0) is 49.4 Å². The maximum absolute atomic E-state index is 12.9. The van der Waals surface area contributed by atoms with Crippen LogP contribution < -0.4 is 9.47 Å². The van der Waals surface area contributed by atoms with Crippen molar-refractivity contribution in [2.45, 2.75) is 44.7 Å². The van der Waals surface area contributed by atoms with Crippen LogP contribution in [0, 0.1) is 0 Å². The average Bonchev–Trinajstić information content (AvgIpc) is 3.02. The van der Waals surface area contributed by atoms with Crippen LogP contribution in [0.1, 0.15) is 43.4 Å². The molecule has 2 atom stereocenters. The van der Waals surface area contributed by atoms with Gasteiger partial charge < -0.3 is 14.2 Å². The van der Waals surface area contributed by atoms with E-state index in [4.69, 9.17) is 14.2 Å². The van der Waals surface area contributed by atoms with Crippen molar-refractivity contribution in [3.63, 3.8) is 0 Å². The summed E-state index contributed by atoms with van der Waals surface area (Å²) in [5.41, 5.74) is 2.29. The molecule has 138 valence electrons. The molecule has 2 aliphatic rings. The van der Waals surface area contributed by atoms with Crippen molar-refractivity contribution in [3.05, 3.63) is 23.3 Å². The third-order valence-corrected chi connectivity index (χ3v) is 5.31. The second kappa shape index (κ2) is 7.62. The van der Waals surface area contributed by atoms with E-state index < -0.39 is 0 Å². The molecule has 0 aliphatic carbocycles. The van der Waals surface area contributed by atoms with Crippen LogP contribution in [0.5, 0.6) is 11.5 Å². The number of methoxy groups -OCH3 is 3. The number of ether oxygens (including phenoxy) is 3. The van der Waals surface area contributed by atoms with Gasteiger partial charge in [0.2, 0.25) is 5.91 Å². The number of carbonyl (C=O) groups excluding carboxylic acids is 1. The van der Waals surface area contributed by atoms with Crippen LogP contribution in [0.4, 0.5) is 0 Å². The highest BCUT2D eigenvalue weighted by atomic mass is 16.5. The lowest BCUT2D eigenvalue weighted by Gasteiger charge is -2.39. The Hall–Kier alpha value is -1.79. The molecule has 2 aliphatic heterocycles. The van der Waals surface area contributed by atoms with E-state index in [0.717, 1.165) is 36.9 Å². The van der Waals surface area contributed by atoms with Gasteiger partial charge in [-0.3, -0.25) is 9.80 Å². The number of fused-ring (bicyclic) bond motifs is 1. The summed E-state index contributed by atoms with van der Waals surface area (Å²) >= 11 is 0. The topological polar surface area (TPSA) is 51.2 Å². The number of rotatable bonds is 5. The minimum absolute atomic E-state index is 0.0396. The zero-order valence-corrected chi connectivity index (χ0v) is 15.6. The summed E-state index contributed by atoms with van der Waals surface area (Å²) in [7, 11) is 5.00. The first kappa shape index (κ1) is 18.0. The summed E-state index contributed by atoms with van der Waals surface area (Å²) in [6.45, 7) is 3.64. The second-order valence-electron chi connectivity index (χ2n) is 6.73. The molecule has 0 radical (unpaired) electrons. The Morgan fingerprint density at radius 2 is 1.84 bits per heavy atom. The number of hydrazine groups is 1. The van der Waals surface area contributed by atoms with Gasteiger partial charge in [-0.2, -0.15) is 0 Å². The van der Waals surface area contributed by atoms with Crippen molar-refractivity contribution in [2.75, 3.05) is 34.5 Å². The molecule has 25 heavy (non-hydrogen) atoms. The number of carbonyl (C=O) groups is 1. The van der Waals surface area contributed by atoms with Crippen LogP contribution in [0.3, 0.4) is 0 Å². The van der Waals surface area contributed by atoms with Crippen molar-refractivity contribution in [3.8, 4) is 11.5 Å². The molecule has 0 bridgehead atoms. The van der Waals surface area contributed by atoms with E-state index in [-0.39, 0.29) is 18.0 Å². The first-order valence-electron chi connectivity index (χ1n) is 8.93. The SMILES string of the molecule is COC[C@@H]1CCCN1N1C(=O)CCc2cc(OC)c(OC)cc2[C@H]1C. The average molecular weight is 348 g/mol. The van der Waals surface area contributed by atoms with Crippen LogP contribution in [0.15, 0.2) is 12.1 Å². The van der Waals surface area contributed by atoms with Gasteiger partial charge in [-0.1, -0.05) is 0 Å². The van der Waals surface area contributed by atoms with E-state index >= 15 is 0 Å². The maximum atomic E-state index is 12.9. The fourth-order valence-corrected chi connectivity index (χ4v) is 4.08.